The van der Waals surface area contributed by atoms with Crippen molar-refractivity contribution in [1.82, 2.24) is 15.1 Å². The van der Waals surface area contributed by atoms with Gasteiger partial charge >= 0.3 is 6.03 Å². The smallest absolute Gasteiger partial charge is 0.318 e. The second-order valence-corrected chi connectivity index (χ2v) is 7.09. The number of nitrogens with one attached hydrogen (secondary N) is 1. The van der Waals surface area contributed by atoms with Gasteiger partial charge in [0.1, 0.15) is 0 Å². The van der Waals surface area contributed by atoms with Crippen molar-refractivity contribution in [2.45, 2.75) is 12.6 Å². The van der Waals surface area contributed by atoms with Crippen LogP contribution >= 0.6 is 15.9 Å². The van der Waals surface area contributed by atoms with E-state index in [4.69, 9.17) is 0 Å². The summed E-state index contributed by atoms with van der Waals surface area (Å²) in [5, 5.41) is 3.06. The minimum atomic E-state index is -0.00284. The van der Waals surface area contributed by atoms with Gasteiger partial charge in [0.2, 0.25) is 0 Å². The number of rotatable bonds is 3. The first-order valence-corrected chi connectivity index (χ1v) is 8.95. The van der Waals surface area contributed by atoms with E-state index < -0.39 is 0 Å². The van der Waals surface area contributed by atoms with Gasteiger partial charge in [0.15, 0.2) is 0 Å². The average molecular weight is 388 g/mol. The molecular weight excluding hydrogens is 366 g/mol. The monoisotopic (exact) mass is 387 g/mol. The molecule has 0 radical (unpaired) electrons. The lowest BCUT2D eigenvalue weighted by molar-refractivity contribution is 0.108. The van der Waals surface area contributed by atoms with Gasteiger partial charge in [-0.05, 0) is 30.3 Å². The van der Waals surface area contributed by atoms with Crippen molar-refractivity contribution >= 4 is 22.0 Å². The summed E-state index contributed by atoms with van der Waals surface area (Å²) in [5.41, 5.74) is 2.27. The Hall–Kier alpha value is -1.85. The molecule has 1 saturated heterocycles. The molecule has 0 spiro atoms. The van der Waals surface area contributed by atoms with Crippen molar-refractivity contribution in [1.29, 1.82) is 0 Å². The van der Waals surface area contributed by atoms with E-state index in [0.717, 1.165) is 29.7 Å². The third-order valence-electron chi connectivity index (χ3n) is 4.36. The van der Waals surface area contributed by atoms with Crippen LogP contribution in [0.4, 0.5) is 4.79 Å². The summed E-state index contributed by atoms with van der Waals surface area (Å²) in [6.45, 7) is 3.02. The van der Waals surface area contributed by atoms with Crippen LogP contribution in [0.2, 0.25) is 0 Å². The molecule has 1 unspecified atom stereocenters. The highest BCUT2D eigenvalue weighted by atomic mass is 79.9. The Morgan fingerprint density at radius 1 is 1.17 bits per heavy atom. The molecular formula is C19H22BrN3O. The summed E-state index contributed by atoms with van der Waals surface area (Å²) in [4.78, 5) is 17.0. The third-order valence-corrected chi connectivity index (χ3v) is 4.85. The molecule has 1 aliphatic heterocycles. The van der Waals surface area contributed by atoms with Gasteiger partial charge in [0.05, 0.1) is 6.04 Å². The molecule has 0 aromatic heterocycles. The Labute approximate surface area is 151 Å². The first-order valence-electron chi connectivity index (χ1n) is 8.16. The number of hydrogen-bond acceptors (Lipinski definition) is 2. The zero-order chi connectivity index (χ0) is 16.9. The van der Waals surface area contributed by atoms with Gasteiger partial charge in [-0.3, -0.25) is 0 Å². The molecule has 4 nitrogen and oxygen atoms in total. The Morgan fingerprint density at radius 2 is 1.96 bits per heavy atom. The number of piperazine rings is 1. The molecule has 24 heavy (non-hydrogen) atoms. The minimum Gasteiger partial charge on any atom is -0.334 e. The van der Waals surface area contributed by atoms with Crippen molar-refractivity contribution in [2.75, 3.05) is 26.7 Å². The summed E-state index contributed by atoms with van der Waals surface area (Å²) >= 11 is 3.46. The Bertz CT molecular complexity index is 692. The van der Waals surface area contributed by atoms with Gasteiger partial charge in [-0.25, -0.2) is 4.79 Å². The normalized spacial score (nSPS) is 18.4. The molecule has 0 saturated carbocycles. The molecule has 5 heteroatoms. The molecule has 1 atom stereocenters. The Balaban J connectivity index is 1.69. The van der Waals surface area contributed by atoms with Crippen molar-refractivity contribution in [3.05, 3.63) is 70.2 Å². The lowest BCUT2D eigenvalue weighted by Gasteiger charge is -2.40. The van der Waals surface area contributed by atoms with E-state index >= 15 is 0 Å². The van der Waals surface area contributed by atoms with E-state index in [0.29, 0.717) is 6.54 Å². The largest absolute Gasteiger partial charge is 0.334 e. The van der Waals surface area contributed by atoms with Crippen LogP contribution in [0.25, 0.3) is 0 Å². The molecule has 126 valence electrons. The number of halogens is 1. The lowest BCUT2D eigenvalue weighted by Crippen LogP contribution is -2.52. The van der Waals surface area contributed by atoms with E-state index in [-0.39, 0.29) is 12.1 Å². The average Bonchev–Trinajstić information content (AvgIpc) is 2.60. The predicted octanol–water partition coefficient (Wildman–Crippen LogP) is 3.65. The second-order valence-electron chi connectivity index (χ2n) is 6.17. The topological polar surface area (TPSA) is 35.6 Å². The Kier molecular flexibility index (Phi) is 5.53. The van der Waals surface area contributed by atoms with Gasteiger partial charge in [-0.2, -0.15) is 0 Å². The van der Waals surface area contributed by atoms with Gasteiger partial charge in [-0.1, -0.05) is 58.4 Å². The van der Waals surface area contributed by atoms with E-state index in [9.17, 15) is 4.79 Å². The predicted molar refractivity (Wildman–Crippen MR) is 99.8 cm³/mol. The zero-order valence-electron chi connectivity index (χ0n) is 13.8. The maximum atomic E-state index is 12.7. The molecule has 1 heterocycles. The van der Waals surface area contributed by atoms with Gasteiger partial charge in [0.25, 0.3) is 0 Å². The van der Waals surface area contributed by atoms with Crippen molar-refractivity contribution in [2.24, 2.45) is 0 Å². The third kappa shape index (κ3) is 4.16. The molecule has 2 aromatic carbocycles. The number of amides is 2. The van der Waals surface area contributed by atoms with E-state index in [1.165, 1.54) is 5.56 Å². The van der Waals surface area contributed by atoms with Gasteiger partial charge in [-0.15, -0.1) is 0 Å². The number of carbonyl (C=O) groups excluding carboxylic acids is 1. The number of nitrogens with zero attached hydrogens (tertiary/aromatic N) is 2. The van der Waals surface area contributed by atoms with Crippen LogP contribution in [0, 0.1) is 0 Å². The fourth-order valence-corrected chi connectivity index (χ4v) is 3.50. The second kappa shape index (κ2) is 7.81. The van der Waals surface area contributed by atoms with Crippen LogP contribution in [0.15, 0.2) is 59.1 Å². The Morgan fingerprint density at radius 3 is 2.71 bits per heavy atom. The van der Waals surface area contributed by atoms with E-state index in [1.54, 1.807) is 0 Å². The molecule has 0 bridgehead atoms. The van der Waals surface area contributed by atoms with E-state index in [2.05, 4.69) is 45.3 Å². The number of carbonyl (C=O) groups is 1. The molecule has 0 aliphatic carbocycles. The van der Waals surface area contributed by atoms with Gasteiger partial charge < -0.3 is 15.1 Å². The van der Waals surface area contributed by atoms with Crippen molar-refractivity contribution in [3.8, 4) is 0 Å². The summed E-state index contributed by atoms with van der Waals surface area (Å²) in [6.07, 6.45) is 0. The van der Waals surface area contributed by atoms with Crippen molar-refractivity contribution < 1.29 is 4.79 Å². The summed E-state index contributed by atoms with van der Waals surface area (Å²) in [6, 6.07) is 18.4. The summed E-state index contributed by atoms with van der Waals surface area (Å²) in [5.74, 6) is 0. The first-order chi connectivity index (χ1) is 11.6. The summed E-state index contributed by atoms with van der Waals surface area (Å²) in [7, 11) is 2.10. The molecule has 1 fully saturated rings. The molecule has 2 amide bonds. The van der Waals surface area contributed by atoms with Crippen LogP contribution in [0.1, 0.15) is 17.2 Å². The van der Waals surface area contributed by atoms with E-state index in [1.807, 2.05) is 47.4 Å². The number of hydrogen-bond donors (Lipinski definition) is 1. The number of benzene rings is 2. The highest BCUT2D eigenvalue weighted by Crippen LogP contribution is 2.24. The fraction of sp³-hybridized carbons (Fsp3) is 0.316. The lowest BCUT2D eigenvalue weighted by atomic mass is 10.0. The van der Waals surface area contributed by atoms with Crippen LogP contribution < -0.4 is 5.32 Å². The quantitative estimate of drug-likeness (QED) is 0.872. The molecule has 3 rings (SSSR count). The van der Waals surface area contributed by atoms with Crippen LogP contribution in [0.5, 0.6) is 0 Å². The fourth-order valence-electron chi connectivity index (χ4n) is 3.05. The maximum Gasteiger partial charge on any atom is 0.318 e. The zero-order valence-corrected chi connectivity index (χ0v) is 15.4. The summed E-state index contributed by atoms with van der Waals surface area (Å²) < 4.78 is 1.02. The minimum absolute atomic E-state index is 0.00284. The van der Waals surface area contributed by atoms with Crippen LogP contribution in [-0.2, 0) is 6.54 Å². The number of likely N-dealkylation sites (N-methyl/N-ethyl adjacent to an activating group) is 1. The van der Waals surface area contributed by atoms with Crippen LogP contribution in [0.3, 0.4) is 0 Å². The molecule has 1 N–H and O–H groups in total. The highest BCUT2D eigenvalue weighted by Gasteiger charge is 2.29. The maximum absolute atomic E-state index is 12.7. The SMILES string of the molecule is CN1CCN(C(=O)NCc2cccc(Br)c2)C(c2ccccc2)C1. The standard InChI is InChI=1S/C19H22BrN3O/c1-22-10-11-23(18(14-22)16-7-3-2-4-8-16)19(24)21-13-15-6-5-9-17(20)12-15/h2-9,12,18H,10-11,13-14H2,1H3,(H,21,24). The first kappa shape index (κ1) is 17.0. The molecule has 1 aliphatic rings. The number of urea groups is 1. The molecule has 2 aromatic rings. The highest BCUT2D eigenvalue weighted by molar-refractivity contribution is 9.10. The van der Waals surface area contributed by atoms with Crippen LogP contribution in [-0.4, -0.2) is 42.5 Å². The van der Waals surface area contributed by atoms with Gasteiger partial charge in [0, 0.05) is 30.7 Å². The van der Waals surface area contributed by atoms with Crippen molar-refractivity contribution in [3.63, 3.8) is 0 Å².